The van der Waals surface area contributed by atoms with E-state index in [0.717, 1.165) is 35.1 Å². The van der Waals surface area contributed by atoms with Crippen LogP contribution in [0, 0.1) is 0 Å². The number of aryl methyl sites for hydroxylation is 1. The van der Waals surface area contributed by atoms with Gasteiger partial charge in [-0.15, -0.1) is 0 Å². The lowest BCUT2D eigenvalue weighted by molar-refractivity contribution is -0.143. The number of ether oxygens (including phenoxy) is 4. The Morgan fingerprint density at radius 2 is 2.17 bits per heavy atom. The molecule has 2 atom stereocenters. The Morgan fingerprint density at radius 3 is 2.90 bits per heavy atom. The molecule has 0 saturated carbocycles. The summed E-state index contributed by atoms with van der Waals surface area (Å²) in [4.78, 5) is 28.0. The molecule has 1 spiro atoms. The lowest BCUT2D eigenvalue weighted by Gasteiger charge is -2.36. The summed E-state index contributed by atoms with van der Waals surface area (Å²) in [5.74, 6) is 0.695. The highest BCUT2D eigenvalue weighted by atomic mass is 16.5. The first kappa shape index (κ1) is 19.4. The van der Waals surface area contributed by atoms with Crippen molar-refractivity contribution in [1.29, 1.82) is 0 Å². The van der Waals surface area contributed by atoms with Crippen LogP contribution < -0.4 is 14.8 Å². The number of rotatable bonds is 4. The zero-order valence-electron chi connectivity index (χ0n) is 16.7. The molecule has 29 heavy (non-hydrogen) atoms. The van der Waals surface area contributed by atoms with Crippen LogP contribution in [0.25, 0.3) is 10.9 Å². The number of carbonyl (C=O) groups is 2. The van der Waals surface area contributed by atoms with Crippen molar-refractivity contribution < 1.29 is 28.5 Å². The summed E-state index contributed by atoms with van der Waals surface area (Å²) in [6.45, 7) is 1.93. The van der Waals surface area contributed by atoms with E-state index >= 15 is 0 Å². The van der Waals surface area contributed by atoms with E-state index in [0.29, 0.717) is 24.4 Å². The number of hydrogen-bond acceptors (Lipinski definition) is 8. The molecule has 4 rings (SSSR count). The van der Waals surface area contributed by atoms with Crippen LogP contribution in [0.5, 0.6) is 11.5 Å². The Kier molecular flexibility index (Phi) is 5.04. The average Bonchev–Trinajstić information content (AvgIpc) is 3.14. The van der Waals surface area contributed by atoms with Gasteiger partial charge in [-0.2, -0.15) is 0 Å². The Bertz CT molecular complexity index is 975. The van der Waals surface area contributed by atoms with Crippen molar-refractivity contribution in [3.63, 3.8) is 0 Å². The number of pyridine rings is 1. The molecule has 1 saturated heterocycles. The second kappa shape index (κ2) is 7.51. The smallest absolute Gasteiger partial charge is 0.323 e. The number of nitrogens with one attached hydrogen (secondary N) is 1. The Balaban J connectivity index is 1.75. The van der Waals surface area contributed by atoms with Crippen molar-refractivity contribution in [2.75, 3.05) is 20.8 Å². The van der Waals surface area contributed by atoms with Gasteiger partial charge in [-0.3, -0.25) is 9.59 Å². The zero-order valence-corrected chi connectivity index (χ0v) is 16.7. The molecule has 3 heterocycles. The monoisotopic (exact) mass is 400 g/mol. The molecule has 0 amide bonds. The molecule has 1 aromatic heterocycles. The van der Waals surface area contributed by atoms with Crippen molar-refractivity contribution in [2.45, 2.75) is 44.4 Å². The van der Waals surface area contributed by atoms with E-state index < -0.39 is 11.6 Å². The number of esters is 2. The van der Waals surface area contributed by atoms with Crippen LogP contribution in [0.4, 0.5) is 0 Å². The van der Waals surface area contributed by atoms with E-state index in [2.05, 4.69) is 5.32 Å². The summed E-state index contributed by atoms with van der Waals surface area (Å²) >= 11 is 0. The Labute approximate surface area is 168 Å². The minimum absolute atomic E-state index is 0.0313. The van der Waals surface area contributed by atoms with Crippen molar-refractivity contribution in [1.82, 2.24) is 10.3 Å². The van der Waals surface area contributed by atoms with Crippen molar-refractivity contribution in [3.05, 3.63) is 29.5 Å². The van der Waals surface area contributed by atoms with Crippen LogP contribution in [0.3, 0.4) is 0 Å². The number of hydrogen-bond donors (Lipinski definition) is 1. The maximum Gasteiger partial charge on any atom is 0.323 e. The quantitative estimate of drug-likeness (QED) is 0.778. The van der Waals surface area contributed by atoms with E-state index in [1.54, 1.807) is 7.11 Å². The van der Waals surface area contributed by atoms with Crippen molar-refractivity contribution in [2.24, 2.45) is 0 Å². The summed E-state index contributed by atoms with van der Waals surface area (Å²) in [7, 11) is 3.01. The van der Waals surface area contributed by atoms with Crippen LogP contribution in [-0.2, 0) is 32.1 Å². The van der Waals surface area contributed by atoms with Crippen LogP contribution in [0.15, 0.2) is 18.2 Å². The molecule has 0 aliphatic carbocycles. The predicted octanol–water partition coefficient (Wildman–Crippen LogP) is 1.91. The van der Waals surface area contributed by atoms with Gasteiger partial charge in [0.2, 0.25) is 0 Å². The van der Waals surface area contributed by atoms with Crippen LogP contribution >= 0.6 is 0 Å². The molecule has 0 radical (unpaired) electrons. The second-order valence-corrected chi connectivity index (χ2v) is 7.48. The zero-order chi connectivity index (χ0) is 20.6. The minimum atomic E-state index is -0.523. The first-order chi connectivity index (χ1) is 13.9. The van der Waals surface area contributed by atoms with Crippen LogP contribution in [0.2, 0.25) is 0 Å². The number of benzene rings is 1. The number of carbonyl (C=O) groups excluding carboxylic acids is 2. The number of fused-ring (bicyclic) bond motifs is 3. The standard InChI is InChI=1S/C21H24N2O6/c1-12(24)28-10-18-19-14(15-8-13(26-2)4-5-16(15)23-18)6-7-21(29-19)9-17(22-11-21)20(25)27-3/h4-5,8,17,22H,6-7,9-11H2,1-3H3. The van der Waals surface area contributed by atoms with Gasteiger partial charge in [0.25, 0.3) is 0 Å². The maximum atomic E-state index is 12.0. The fourth-order valence-electron chi connectivity index (χ4n) is 4.13. The highest BCUT2D eigenvalue weighted by molar-refractivity contribution is 5.86. The van der Waals surface area contributed by atoms with Gasteiger partial charge in [0, 0.05) is 30.8 Å². The molecular weight excluding hydrogens is 376 g/mol. The fraction of sp³-hybridized carbons (Fsp3) is 0.476. The molecule has 2 aliphatic rings. The molecule has 2 aliphatic heterocycles. The first-order valence-corrected chi connectivity index (χ1v) is 9.58. The average molecular weight is 400 g/mol. The molecule has 1 aromatic carbocycles. The summed E-state index contributed by atoms with van der Waals surface area (Å²) < 4.78 is 21.9. The van der Waals surface area contributed by atoms with Gasteiger partial charge in [-0.1, -0.05) is 0 Å². The molecular formula is C21H24N2O6. The molecule has 8 nitrogen and oxygen atoms in total. The number of nitrogens with zero attached hydrogens (tertiary/aromatic N) is 1. The minimum Gasteiger partial charge on any atom is -0.497 e. The molecule has 8 heteroatoms. The van der Waals surface area contributed by atoms with E-state index in [1.807, 2.05) is 18.2 Å². The SMILES string of the molecule is COC(=O)C1CC2(CCc3c(c(COC(C)=O)nc4ccc(OC)cc34)O2)CN1. The third-order valence-corrected chi connectivity index (χ3v) is 5.61. The molecule has 154 valence electrons. The van der Waals surface area contributed by atoms with Crippen LogP contribution in [-0.4, -0.2) is 49.3 Å². The number of aromatic nitrogens is 1. The fourth-order valence-corrected chi connectivity index (χ4v) is 4.13. The van der Waals surface area contributed by atoms with Gasteiger partial charge in [-0.05, 0) is 31.0 Å². The highest BCUT2D eigenvalue weighted by Gasteiger charge is 2.47. The third-order valence-electron chi connectivity index (χ3n) is 5.61. The van der Waals surface area contributed by atoms with Gasteiger partial charge in [0.05, 0.1) is 19.7 Å². The summed E-state index contributed by atoms with van der Waals surface area (Å²) in [6.07, 6.45) is 2.02. The van der Waals surface area contributed by atoms with E-state index in [9.17, 15) is 9.59 Å². The lowest BCUT2D eigenvalue weighted by atomic mass is 9.87. The van der Waals surface area contributed by atoms with Gasteiger partial charge >= 0.3 is 11.9 Å². The Hall–Kier alpha value is -2.87. The van der Waals surface area contributed by atoms with Crippen LogP contribution in [0.1, 0.15) is 31.0 Å². The predicted molar refractivity (Wildman–Crippen MR) is 104 cm³/mol. The van der Waals surface area contributed by atoms with E-state index in [-0.39, 0.29) is 18.5 Å². The van der Waals surface area contributed by atoms with Gasteiger partial charge in [-0.25, -0.2) is 4.98 Å². The second-order valence-electron chi connectivity index (χ2n) is 7.48. The highest BCUT2D eigenvalue weighted by Crippen LogP contribution is 2.43. The summed E-state index contributed by atoms with van der Waals surface area (Å²) in [5.41, 5.74) is 1.87. The molecule has 1 N–H and O–H groups in total. The summed E-state index contributed by atoms with van der Waals surface area (Å²) in [5, 5.41) is 4.15. The maximum absolute atomic E-state index is 12.0. The van der Waals surface area contributed by atoms with Gasteiger partial charge in [0.1, 0.15) is 35.4 Å². The first-order valence-electron chi connectivity index (χ1n) is 9.58. The molecule has 1 fully saturated rings. The van der Waals surface area contributed by atoms with E-state index in [4.69, 9.17) is 23.9 Å². The largest absolute Gasteiger partial charge is 0.497 e. The Morgan fingerprint density at radius 1 is 1.34 bits per heavy atom. The van der Waals surface area contributed by atoms with Crippen molar-refractivity contribution >= 4 is 22.8 Å². The molecule has 0 bridgehead atoms. The lowest BCUT2D eigenvalue weighted by Crippen LogP contribution is -2.42. The van der Waals surface area contributed by atoms with Gasteiger partial charge < -0.3 is 24.3 Å². The summed E-state index contributed by atoms with van der Waals surface area (Å²) in [6, 6.07) is 5.29. The van der Waals surface area contributed by atoms with Gasteiger partial charge in [0.15, 0.2) is 0 Å². The molecule has 2 unspecified atom stereocenters. The topological polar surface area (TPSA) is 96.0 Å². The normalized spacial score (nSPS) is 22.8. The van der Waals surface area contributed by atoms with E-state index in [1.165, 1.54) is 14.0 Å². The molecule has 2 aromatic rings. The van der Waals surface area contributed by atoms with Crippen molar-refractivity contribution in [3.8, 4) is 11.5 Å². The third kappa shape index (κ3) is 3.60. The number of methoxy groups -OCH3 is 2.